The van der Waals surface area contributed by atoms with Crippen LogP contribution in [0.2, 0.25) is 0 Å². The molecule has 1 aliphatic rings. The molecule has 0 aromatic heterocycles. The van der Waals surface area contributed by atoms with Crippen molar-refractivity contribution in [1.29, 1.82) is 0 Å². The SMILES string of the molecule is Cc1cccc(NC(=O)N2CCC(NC(=O)c3ccccc3F)CC2)c1. The van der Waals surface area contributed by atoms with Crippen molar-refractivity contribution in [3.8, 4) is 0 Å². The number of anilines is 1. The highest BCUT2D eigenvalue weighted by Gasteiger charge is 2.24. The highest BCUT2D eigenvalue weighted by Crippen LogP contribution is 2.15. The Morgan fingerprint density at radius 1 is 1.08 bits per heavy atom. The Balaban J connectivity index is 1.50. The molecule has 6 heteroatoms. The van der Waals surface area contributed by atoms with E-state index in [9.17, 15) is 14.0 Å². The molecule has 3 rings (SSSR count). The Bertz CT molecular complexity index is 801. The molecule has 0 bridgehead atoms. The third kappa shape index (κ3) is 4.39. The summed E-state index contributed by atoms with van der Waals surface area (Å²) >= 11 is 0. The van der Waals surface area contributed by atoms with Crippen molar-refractivity contribution in [2.45, 2.75) is 25.8 Å². The number of urea groups is 1. The number of benzene rings is 2. The number of carbonyl (C=O) groups excluding carboxylic acids is 2. The van der Waals surface area contributed by atoms with Gasteiger partial charge >= 0.3 is 6.03 Å². The molecule has 1 saturated heterocycles. The maximum atomic E-state index is 13.7. The number of nitrogens with zero attached hydrogens (tertiary/aromatic N) is 1. The normalized spacial score (nSPS) is 14.8. The van der Waals surface area contributed by atoms with Crippen molar-refractivity contribution in [2.24, 2.45) is 0 Å². The molecule has 0 saturated carbocycles. The average molecular weight is 355 g/mol. The van der Waals surface area contributed by atoms with Gasteiger partial charge in [-0.05, 0) is 49.6 Å². The summed E-state index contributed by atoms with van der Waals surface area (Å²) in [5.41, 5.74) is 1.90. The predicted molar refractivity (Wildman–Crippen MR) is 98.7 cm³/mol. The van der Waals surface area contributed by atoms with E-state index in [0.29, 0.717) is 25.9 Å². The fourth-order valence-corrected chi connectivity index (χ4v) is 3.06. The maximum Gasteiger partial charge on any atom is 0.321 e. The molecule has 0 radical (unpaired) electrons. The third-order valence-corrected chi connectivity index (χ3v) is 4.51. The van der Waals surface area contributed by atoms with E-state index in [-0.39, 0.29) is 17.6 Å². The summed E-state index contributed by atoms with van der Waals surface area (Å²) in [6.07, 6.45) is 1.28. The van der Waals surface area contributed by atoms with Gasteiger partial charge in [0, 0.05) is 24.8 Å². The molecular formula is C20H22FN3O2. The Labute approximate surface area is 152 Å². The number of hydrogen-bond donors (Lipinski definition) is 2. The molecule has 2 aromatic carbocycles. The second-order valence-corrected chi connectivity index (χ2v) is 6.51. The van der Waals surface area contributed by atoms with Crippen LogP contribution in [0.4, 0.5) is 14.9 Å². The first-order valence-corrected chi connectivity index (χ1v) is 8.71. The predicted octanol–water partition coefficient (Wildman–Crippen LogP) is 3.56. The van der Waals surface area contributed by atoms with Gasteiger partial charge in [0.15, 0.2) is 0 Å². The van der Waals surface area contributed by atoms with Crippen LogP contribution in [0.25, 0.3) is 0 Å². The number of likely N-dealkylation sites (tertiary alicyclic amines) is 1. The molecule has 1 fully saturated rings. The molecular weight excluding hydrogens is 333 g/mol. The lowest BCUT2D eigenvalue weighted by molar-refractivity contribution is 0.0915. The lowest BCUT2D eigenvalue weighted by Crippen LogP contribution is -2.47. The molecule has 1 aliphatic heterocycles. The van der Waals surface area contributed by atoms with Gasteiger partial charge in [0.05, 0.1) is 5.56 Å². The first-order valence-electron chi connectivity index (χ1n) is 8.71. The van der Waals surface area contributed by atoms with Crippen LogP contribution in [-0.2, 0) is 0 Å². The van der Waals surface area contributed by atoms with Gasteiger partial charge in [-0.25, -0.2) is 9.18 Å². The number of halogens is 1. The van der Waals surface area contributed by atoms with E-state index in [4.69, 9.17) is 0 Å². The Kier molecular flexibility index (Phi) is 5.51. The highest BCUT2D eigenvalue weighted by molar-refractivity contribution is 5.94. The molecule has 5 nitrogen and oxygen atoms in total. The zero-order valence-electron chi connectivity index (χ0n) is 14.7. The second kappa shape index (κ2) is 7.99. The zero-order valence-corrected chi connectivity index (χ0v) is 14.7. The Morgan fingerprint density at radius 2 is 1.81 bits per heavy atom. The van der Waals surface area contributed by atoms with Gasteiger partial charge in [-0.15, -0.1) is 0 Å². The van der Waals surface area contributed by atoms with Crippen LogP contribution in [0.5, 0.6) is 0 Å². The molecule has 3 amide bonds. The summed E-state index contributed by atoms with van der Waals surface area (Å²) in [4.78, 5) is 26.3. The van der Waals surface area contributed by atoms with Crippen molar-refractivity contribution < 1.29 is 14.0 Å². The van der Waals surface area contributed by atoms with Crippen molar-refractivity contribution in [2.75, 3.05) is 18.4 Å². The number of carbonyl (C=O) groups is 2. The van der Waals surface area contributed by atoms with Gasteiger partial charge in [-0.2, -0.15) is 0 Å². The van der Waals surface area contributed by atoms with E-state index in [0.717, 1.165) is 11.3 Å². The fraction of sp³-hybridized carbons (Fsp3) is 0.300. The Morgan fingerprint density at radius 3 is 2.50 bits per heavy atom. The number of hydrogen-bond acceptors (Lipinski definition) is 2. The van der Waals surface area contributed by atoms with E-state index >= 15 is 0 Å². The van der Waals surface area contributed by atoms with Gasteiger partial charge in [0.2, 0.25) is 0 Å². The van der Waals surface area contributed by atoms with Crippen LogP contribution in [0.1, 0.15) is 28.8 Å². The van der Waals surface area contributed by atoms with E-state index in [2.05, 4.69) is 10.6 Å². The van der Waals surface area contributed by atoms with Gasteiger partial charge in [-0.3, -0.25) is 4.79 Å². The van der Waals surface area contributed by atoms with E-state index in [1.54, 1.807) is 17.0 Å². The molecule has 2 aromatic rings. The molecule has 2 N–H and O–H groups in total. The lowest BCUT2D eigenvalue weighted by Gasteiger charge is -2.32. The monoisotopic (exact) mass is 355 g/mol. The molecule has 26 heavy (non-hydrogen) atoms. The van der Waals surface area contributed by atoms with Crippen molar-refractivity contribution in [3.63, 3.8) is 0 Å². The number of aryl methyl sites for hydroxylation is 1. The van der Waals surface area contributed by atoms with Crippen LogP contribution in [0, 0.1) is 12.7 Å². The van der Waals surface area contributed by atoms with Crippen LogP contribution in [-0.4, -0.2) is 36.0 Å². The number of rotatable bonds is 3. The molecule has 1 heterocycles. The minimum absolute atomic E-state index is 0.0483. The summed E-state index contributed by atoms with van der Waals surface area (Å²) in [5, 5.41) is 5.75. The summed E-state index contributed by atoms with van der Waals surface area (Å²) in [5.74, 6) is -0.939. The van der Waals surface area contributed by atoms with Crippen molar-refractivity contribution in [3.05, 3.63) is 65.5 Å². The summed E-state index contributed by atoms with van der Waals surface area (Å²) < 4.78 is 13.7. The van der Waals surface area contributed by atoms with E-state index in [1.807, 2.05) is 31.2 Å². The smallest absolute Gasteiger partial charge is 0.321 e. The first kappa shape index (κ1) is 17.9. The van der Waals surface area contributed by atoms with Crippen molar-refractivity contribution in [1.82, 2.24) is 10.2 Å². The van der Waals surface area contributed by atoms with Crippen LogP contribution in [0.3, 0.4) is 0 Å². The standard InChI is InChI=1S/C20H22FN3O2/c1-14-5-4-6-16(13-14)23-20(26)24-11-9-15(10-12-24)22-19(25)17-7-2-3-8-18(17)21/h2-8,13,15H,9-12H2,1H3,(H,22,25)(H,23,26). The average Bonchev–Trinajstić information content (AvgIpc) is 2.62. The molecule has 0 atom stereocenters. The van der Waals surface area contributed by atoms with Gasteiger partial charge in [-0.1, -0.05) is 24.3 Å². The quantitative estimate of drug-likeness (QED) is 0.884. The minimum Gasteiger partial charge on any atom is -0.349 e. The van der Waals surface area contributed by atoms with Crippen LogP contribution >= 0.6 is 0 Å². The Hall–Kier alpha value is -2.89. The molecule has 0 aliphatic carbocycles. The number of nitrogens with one attached hydrogen (secondary N) is 2. The first-order chi connectivity index (χ1) is 12.5. The number of amides is 3. The van der Waals surface area contributed by atoms with Crippen molar-refractivity contribution >= 4 is 17.6 Å². The summed E-state index contributed by atoms with van der Waals surface area (Å²) in [6, 6.07) is 13.4. The highest BCUT2D eigenvalue weighted by atomic mass is 19.1. The summed E-state index contributed by atoms with van der Waals surface area (Å²) in [7, 11) is 0. The third-order valence-electron chi connectivity index (χ3n) is 4.51. The molecule has 0 spiro atoms. The summed E-state index contributed by atoms with van der Waals surface area (Å²) in [6.45, 7) is 3.05. The fourth-order valence-electron chi connectivity index (χ4n) is 3.06. The topological polar surface area (TPSA) is 61.4 Å². The van der Waals surface area contributed by atoms with Crippen LogP contribution in [0.15, 0.2) is 48.5 Å². The van der Waals surface area contributed by atoms with Gasteiger partial charge in [0.25, 0.3) is 5.91 Å². The second-order valence-electron chi connectivity index (χ2n) is 6.51. The van der Waals surface area contributed by atoms with Gasteiger partial charge < -0.3 is 15.5 Å². The largest absolute Gasteiger partial charge is 0.349 e. The minimum atomic E-state index is -0.528. The lowest BCUT2D eigenvalue weighted by atomic mass is 10.0. The van der Waals surface area contributed by atoms with Gasteiger partial charge in [0.1, 0.15) is 5.82 Å². The van der Waals surface area contributed by atoms with E-state index in [1.165, 1.54) is 12.1 Å². The zero-order chi connectivity index (χ0) is 18.5. The van der Waals surface area contributed by atoms with Crippen LogP contribution < -0.4 is 10.6 Å². The maximum absolute atomic E-state index is 13.7. The molecule has 0 unspecified atom stereocenters. The number of piperidine rings is 1. The van der Waals surface area contributed by atoms with E-state index < -0.39 is 11.7 Å². The molecule has 136 valence electrons.